The van der Waals surface area contributed by atoms with Crippen molar-refractivity contribution in [2.75, 3.05) is 6.61 Å². The van der Waals surface area contributed by atoms with Crippen LogP contribution in [0.25, 0.3) is 11.4 Å². The number of aliphatic carboxylic acids is 1. The first-order valence-electron chi connectivity index (χ1n) is 5.45. The number of nitrogens with zero attached hydrogens (tertiary/aromatic N) is 2. The quantitative estimate of drug-likeness (QED) is 0.887. The van der Waals surface area contributed by atoms with Gasteiger partial charge >= 0.3 is 5.97 Å². The molecule has 100 valence electrons. The van der Waals surface area contributed by atoms with Crippen molar-refractivity contribution >= 4 is 5.97 Å². The first-order valence-corrected chi connectivity index (χ1v) is 5.45. The van der Waals surface area contributed by atoms with Gasteiger partial charge in [-0.25, -0.2) is 9.18 Å². The van der Waals surface area contributed by atoms with Crippen molar-refractivity contribution in [3.63, 3.8) is 0 Å². The Morgan fingerprint density at radius 3 is 3.05 bits per heavy atom. The Hall–Kier alpha value is -2.28. The molecule has 2 rings (SSSR count). The maximum absolute atomic E-state index is 13.2. The molecule has 0 saturated carbocycles. The van der Waals surface area contributed by atoms with Gasteiger partial charge in [-0.15, -0.1) is 0 Å². The van der Waals surface area contributed by atoms with Gasteiger partial charge in [-0.3, -0.25) is 0 Å². The Bertz CT molecular complexity index is 597. The van der Waals surface area contributed by atoms with E-state index in [4.69, 9.17) is 14.4 Å². The van der Waals surface area contributed by atoms with Crippen molar-refractivity contribution < 1.29 is 23.6 Å². The zero-order valence-electron chi connectivity index (χ0n) is 10.1. The van der Waals surface area contributed by atoms with Crippen molar-refractivity contribution in [1.82, 2.24) is 10.1 Å². The van der Waals surface area contributed by atoms with E-state index in [0.717, 1.165) is 5.56 Å². The van der Waals surface area contributed by atoms with E-state index >= 15 is 0 Å². The molecule has 2 aromatic rings. The summed E-state index contributed by atoms with van der Waals surface area (Å²) in [6, 6.07) is 4.26. The minimum Gasteiger partial charge on any atom is -0.480 e. The second-order valence-corrected chi connectivity index (χ2v) is 3.86. The number of rotatable bonds is 5. The maximum atomic E-state index is 13.2. The summed E-state index contributed by atoms with van der Waals surface area (Å²) < 4.78 is 22.9. The molecule has 1 N–H and O–H groups in total. The van der Waals surface area contributed by atoms with Gasteiger partial charge in [-0.1, -0.05) is 11.2 Å². The number of hydrogen-bond acceptors (Lipinski definition) is 5. The molecule has 0 radical (unpaired) electrons. The highest BCUT2D eigenvalue weighted by Gasteiger charge is 2.12. The Balaban J connectivity index is 2.12. The van der Waals surface area contributed by atoms with E-state index in [1.54, 1.807) is 13.0 Å². The van der Waals surface area contributed by atoms with Crippen molar-refractivity contribution in [3.8, 4) is 11.4 Å². The first kappa shape index (κ1) is 13.2. The number of halogens is 1. The van der Waals surface area contributed by atoms with Crippen LogP contribution < -0.4 is 0 Å². The lowest BCUT2D eigenvalue weighted by Crippen LogP contribution is -2.06. The Morgan fingerprint density at radius 2 is 2.32 bits per heavy atom. The summed E-state index contributed by atoms with van der Waals surface area (Å²) in [5.41, 5.74) is 1.33. The predicted molar refractivity (Wildman–Crippen MR) is 61.7 cm³/mol. The normalized spacial score (nSPS) is 10.6. The zero-order valence-corrected chi connectivity index (χ0v) is 10.1. The third-order valence-electron chi connectivity index (χ3n) is 2.36. The van der Waals surface area contributed by atoms with Crippen molar-refractivity contribution in [2.45, 2.75) is 13.5 Å². The fourth-order valence-electron chi connectivity index (χ4n) is 1.48. The standard InChI is InChI=1S/C12H11FN2O4/c1-7-2-3-8(13)4-9(7)12-14-10(19-15-12)5-18-6-11(16)17/h2-4H,5-6H2,1H3,(H,16,17). The molecule has 0 amide bonds. The molecule has 0 aliphatic heterocycles. The minimum absolute atomic E-state index is 0.104. The molecule has 0 unspecified atom stereocenters. The first-order chi connectivity index (χ1) is 9.06. The predicted octanol–water partition coefficient (Wildman–Crippen LogP) is 1.79. The van der Waals surface area contributed by atoms with Crippen LogP contribution >= 0.6 is 0 Å². The van der Waals surface area contributed by atoms with Gasteiger partial charge in [0.2, 0.25) is 5.82 Å². The van der Waals surface area contributed by atoms with Gasteiger partial charge in [0.25, 0.3) is 5.89 Å². The Kier molecular flexibility index (Phi) is 3.86. The SMILES string of the molecule is Cc1ccc(F)cc1-c1noc(COCC(=O)O)n1. The molecule has 7 heteroatoms. The lowest BCUT2D eigenvalue weighted by Gasteiger charge is -1.99. The van der Waals surface area contributed by atoms with Crippen LogP contribution in [0.3, 0.4) is 0 Å². The highest BCUT2D eigenvalue weighted by Crippen LogP contribution is 2.21. The molecular weight excluding hydrogens is 255 g/mol. The van der Waals surface area contributed by atoms with E-state index in [-0.39, 0.29) is 18.3 Å². The van der Waals surface area contributed by atoms with Crippen LogP contribution in [0.5, 0.6) is 0 Å². The maximum Gasteiger partial charge on any atom is 0.329 e. The molecule has 0 saturated heterocycles. The monoisotopic (exact) mass is 266 g/mol. The van der Waals surface area contributed by atoms with Crippen LogP contribution in [0.2, 0.25) is 0 Å². The van der Waals surface area contributed by atoms with Crippen LogP contribution in [-0.4, -0.2) is 27.8 Å². The van der Waals surface area contributed by atoms with Crippen LogP contribution in [0.15, 0.2) is 22.7 Å². The number of ether oxygens (including phenoxy) is 1. The summed E-state index contributed by atoms with van der Waals surface area (Å²) in [5, 5.41) is 12.1. The van der Waals surface area contributed by atoms with Crippen molar-refractivity contribution in [2.24, 2.45) is 0 Å². The number of carboxylic acids is 1. The van der Waals surface area contributed by atoms with E-state index in [1.807, 2.05) is 0 Å². The Morgan fingerprint density at radius 1 is 1.53 bits per heavy atom. The highest BCUT2D eigenvalue weighted by atomic mass is 19.1. The molecule has 6 nitrogen and oxygen atoms in total. The van der Waals surface area contributed by atoms with Crippen LogP contribution in [-0.2, 0) is 16.1 Å². The summed E-state index contributed by atoms with van der Waals surface area (Å²) in [7, 11) is 0. The number of aryl methyl sites for hydroxylation is 1. The lowest BCUT2D eigenvalue weighted by molar-refractivity contribution is -0.142. The number of benzene rings is 1. The van der Waals surface area contributed by atoms with Gasteiger partial charge in [0, 0.05) is 5.56 Å². The smallest absolute Gasteiger partial charge is 0.329 e. The van der Waals surface area contributed by atoms with Gasteiger partial charge in [0.15, 0.2) is 0 Å². The molecule has 0 fully saturated rings. The number of aromatic nitrogens is 2. The zero-order chi connectivity index (χ0) is 13.8. The molecular formula is C12H11FN2O4. The van der Waals surface area contributed by atoms with Gasteiger partial charge in [0.05, 0.1) is 0 Å². The fraction of sp³-hybridized carbons (Fsp3) is 0.250. The number of hydrogen-bond donors (Lipinski definition) is 1. The van der Waals surface area contributed by atoms with Gasteiger partial charge in [-0.2, -0.15) is 4.98 Å². The van der Waals surface area contributed by atoms with Gasteiger partial charge in [0.1, 0.15) is 19.0 Å². The van der Waals surface area contributed by atoms with E-state index in [2.05, 4.69) is 10.1 Å². The van der Waals surface area contributed by atoms with Gasteiger partial charge in [-0.05, 0) is 24.6 Å². The average molecular weight is 266 g/mol. The Labute approximate surface area is 107 Å². The topological polar surface area (TPSA) is 85.5 Å². The van der Waals surface area contributed by atoms with Crippen LogP contribution in [0, 0.1) is 12.7 Å². The summed E-state index contributed by atoms with van der Waals surface area (Å²) in [6.45, 7) is 1.25. The average Bonchev–Trinajstić information content (AvgIpc) is 2.80. The second kappa shape index (κ2) is 5.57. The molecule has 0 spiro atoms. The van der Waals surface area contributed by atoms with E-state index in [9.17, 15) is 9.18 Å². The molecule has 0 atom stereocenters. The summed E-state index contributed by atoms with van der Waals surface area (Å²) in [6.07, 6.45) is 0. The molecule has 0 aliphatic rings. The summed E-state index contributed by atoms with van der Waals surface area (Å²) in [5.74, 6) is -1.10. The van der Waals surface area contributed by atoms with E-state index < -0.39 is 18.4 Å². The third-order valence-corrected chi connectivity index (χ3v) is 2.36. The molecule has 1 aromatic carbocycles. The lowest BCUT2D eigenvalue weighted by atomic mass is 10.1. The van der Waals surface area contributed by atoms with Crippen LogP contribution in [0.4, 0.5) is 4.39 Å². The van der Waals surface area contributed by atoms with Crippen molar-refractivity contribution in [3.05, 3.63) is 35.5 Å². The molecule has 19 heavy (non-hydrogen) atoms. The largest absolute Gasteiger partial charge is 0.480 e. The molecule has 1 aromatic heterocycles. The van der Waals surface area contributed by atoms with Gasteiger partial charge < -0.3 is 14.4 Å². The minimum atomic E-state index is -1.08. The highest BCUT2D eigenvalue weighted by molar-refractivity contribution is 5.68. The summed E-state index contributed by atoms with van der Waals surface area (Å²) >= 11 is 0. The second-order valence-electron chi connectivity index (χ2n) is 3.86. The van der Waals surface area contributed by atoms with Crippen LogP contribution in [0.1, 0.15) is 11.5 Å². The number of carbonyl (C=O) groups is 1. The number of carboxylic acid groups (broad SMARTS) is 1. The molecule has 1 heterocycles. The fourth-order valence-corrected chi connectivity index (χ4v) is 1.48. The van der Waals surface area contributed by atoms with E-state index in [0.29, 0.717) is 5.56 Å². The molecule has 0 aliphatic carbocycles. The molecule has 0 bridgehead atoms. The third kappa shape index (κ3) is 3.35. The van der Waals surface area contributed by atoms with E-state index in [1.165, 1.54) is 12.1 Å². The van der Waals surface area contributed by atoms with Crippen molar-refractivity contribution in [1.29, 1.82) is 0 Å². The summed E-state index contributed by atoms with van der Waals surface area (Å²) in [4.78, 5) is 14.3.